The van der Waals surface area contributed by atoms with Gasteiger partial charge in [0, 0.05) is 18.2 Å². The maximum atomic E-state index is 10.7. The van der Waals surface area contributed by atoms with Crippen molar-refractivity contribution < 1.29 is 9.66 Å². The number of hydrogen-bond donors (Lipinski definition) is 1. The van der Waals surface area contributed by atoms with E-state index in [-0.39, 0.29) is 17.8 Å². The van der Waals surface area contributed by atoms with E-state index in [4.69, 9.17) is 10.5 Å². The number of benzene rings is 1. The topological polar surface area (TPSA) is 78.4 Å². The maximum Gasteiger partial charge on any atom is 0.270 e. The van der Waals surface area contributed by atoms with Crippen LogP contribution in [0, 0.1) is 10.1 Å². The SMILES string of the molecule is NC1CCCCCC1Oc1ccc([N+](=O)[O-])cc1Br. The molecule has 104 valence electrons. The van der Waals surface area contributed by atoms with Gasteiger partial charge in [-0.15, -0.1) is 0 Å². The molecule has 2 N–H and O–H groups in total. The Morgan fingerprint density at radius 2 is 2.05 bits per heavy atom. The van der Waals surface area contributed by atoms with Gasteiger partial charge < -0.3 is 10.5 Å². The summed E-state index contributed by atoms with van der Waals surface area (Å²) in [6.45, 7) is 0. The standard InChI is InChI=1S/C13H17BrN2O3/c14-10-8-9(16(17)18)6-7-12(10)19-13-5-3-1-2-4-11(13)15/h6-8,11,13H,1-5,15H2. The van der Waals surface area contributed by atoms with Gasteiger partial charge in [0.05, 0.1) is 9.40 Å². The molecule has 1 saturated carbocycles. The van der Waals surface area contributed by atoms with Crippen molar-refractivity contribution in [2.24, 2.45) is 5.73 Å². The van der Waals surface area contributed by atoms with Gasteiger partial charge in [-0.05, 0) is 41.3 Å². The largest absolute Gasteiger partial charge is 0.488 e. The third-order valence-corrected chi connectivity index (χ3v) is 4.03. The zero-order valence-corrected chi connectivity index (χ0v) is 12.1. The summed E-state index contributed by atoms with van der Waals surface area (Å²) in [5.41, 5.74) is 6.15. The highest BCUT2D eigenvalue weighted by molar-refractivity contribution is 9.10. The molecule has 0 aromatic heterocycles. The van der Waals surface area contributed by atoms with E-state index < -0.39 is 4.92 Å². The van der Waals surface area contributed by atoms with Crippen molar-refractivity contribution in [2.75, 3.05) is 0 Å². The highest BCUT2D eigenvalue weighted by Crippen LogP contribution is 2.31. The highest BCUT2D eigenvalue weighted by atomic mass is 79.9. The van der Waals surface area contributed by atoms with E-state index in [0.29, 0.717) is 10.2 Å². The Balaban J connectivity index is 2.11. The monoisotopic (exact) mass is 328 g/mol. The average molecular weight is 329 g/mol. The van der Waals surface area contributed by atoms with Gasteiger partial charge in [0.2, 0.25) is 0 Å². The number of ether oxygens (including phenoxy) is 1. The molecule has 2 unspecified atom stereocenters. The van der Waals surface area contributed by atoms with Gasteiger partial charge in [0.1, 0.15) is 11.9 Å². The molecule has 2 rings (SSSR count). The van der Waals surface area contributed by atoms with Crippen molar-refractivity contribution in [1.29, 1.82) is 0 Å². The molecule has 1 aliphatic rings. The smallest absolute Gasteiger partial charge is 0.270 e. The van der Waals surface area contributed by atoms with Crippen molar-refractivity contribution in [3.63, 3.8) is 0 Å². The van der Waals surface area contributed by atoms with Gasteiger partial charge >= 0.3 is 0 Å². The van der Waals surface area contributed by atoms with Crippen LogP contribution in [0.3, 0.4) is 0 Å². The van der Waals surface area contributed by atoms with E-state index in [1.54, 1.807) is 6.07 Å². The minimum atomic E-state index is -0.425. The van der Waals surface area contributed by atoms with Gasteiger partial charge in [-0.2, -0.15) is 0 Å². The summed E-state index contributed by atoms with van der Waals surface area (Å²) >= 11 is 3.31. The Kier molecular flexibility index (Phi) is 4.76. The van der Waals surface area contributed by atoms with Crippen LogP contribution in [-0.4, -0.2) is 17.1 Å². The lowest BCUT2D eigenvalue weighted by atomic mass is 10.1. The average Bonchev–Trinajstić information content (AvgIpc) is 2.57. The first-order valence-corrected chi connectivity index (χ1v) is 7.23. The second-order valence-corrected chi connectivity index (χ2v) is 5.68. The van der Waals surface area contributed by atoms with Gasteiger partial charge in [-0.25, -0.2) is 0 Å². The number of nitro benzene ring substituents is 1. The summed E-state index contributed by atoms with van der Waals surface area (Å²) in [6, 6.07) is 4.56. The summed E-state index contributed by atoms with van der Waals surface area (Å²) in [4.78, 5) is 10.3. The van der Waals surface area contributed by atoms with Crippen LogP contribution in [0.5, 0.6) is 5.75 Å². The van der Waals surface area contributed by atoms with E-state index in [9.17, 15) is 10.1 Å². The summed E-state index contributed by atoms with van der Waals surface area (Å²) in [7, 11) is 0. The van der Waals surface area contributed by atoms with Gasteiger partial charge in [0.25, 0.3) is 5.69 Å². The minimum absolute atomic E-state index is 0.0137. The normalized spacial score (nSPS) is 23.7. The second kappa shape index (κ2) is 6.34. The second-order valence-electron chi connectivity index (χ2n) is 4.83. The summed E-state index contributed by atoms with van der Waals surface area (Å²) in [5, 5.41) is 10.7. The van der Waals surface area contributed by atoms with Crippen LogP contribution in [-0.2, 0) is 0 Å². The lowest BCUT2D eigenvalue weighted by molar-refractivity contribution is -0.385. The summed E-state index contributed by atoms with van der Waals surface area (Å²) in [6.07, 6.45) is 5.33. The van der Waals surface area contributed by atoms with Gasteiger partial charge in [-0.1, -0.05) is 12.8 Å². The maximum absolute atomic E-state index is 10.7. The van der Waals surface area contributed by atoms with Crippen molar-refractivity contribution >= 4 is 21.6 Å². The molecule has 6 heteroatoms. The van der Waals surface area contributed by atoms with E-state index >= 15 is 0 Å². The number of hydrogen-bond acceptors (Lipinski definition) is 4. The van der Waals surface area contributed by atoms with Gasteiger partial charge in [0.15, 0.2) is 0 Å². The molecule has 0 radical (unpaired) electrons. The summed E-state index contributed by atoms with van der Waals surface area (Å²) < 4.78 is 6.51. The first-order valence-electron chi connectivity index (χ1n) is 6.44. The zero-order valence-electron chi connectivity index (χ0n) is 10.5. The third-order valence-electron chi connectivity index (χ3n) is 3.41. The molecular weight excluding hydrogens is 312 g/mol. The van der Waals surface area contributed by atoms with Crippen LogP contribution in [0.1, 0.15) is 32.1 Å². The third kappa shape index (κ3) is 3.67. The molecule has 0 saturated heterocycles. The molecule has 1 aromatic carbocycles. The molecule has 2 atom stereocenters. The Morgan fingerprint density at radius 1 is 1.32 bits per heavy atom. The van der Waals surface area contributed by atoms with Crippen LogP contribution < -0.4 is 10.5 Å². The number of halogens is 1. The van der Waals surface area contributed by atoms with Crippen LogP contribution >= 0.6 is 15.9 Å². The Morgan fingerprint density at radius 3 is 2.74 bits per heavy atom. The fraction of sp³-hybridized carbons (Fsp3) is 0.538. The molecule has 19 heavy (non-hydrogen) atoms. The van der Waals surface area contributed by atoms with Crippen molar-refractivity contribution in [1.82, 2.24) is 0 Å². The Bertz CT molecular complexity index is 467. The van der Waals surface area contributed by atoms with E-state index in [2.05, 4.69) is 15.9 Å². The van der Waals surface area contributed by atoms with Crippen LogP contribution in [0.25, 0.3) is 0 Å². The molecule has 0 bridgehead atoms. The van der Waals surface area contributed by atoms with Gasteiger partial charge in [-0.3, -0.25) is 10.1 Å². The molecule has 0 spiro atoms. The molecule has 0 amide bonds. The first-order chi connectivity index (χ1) is 9.08. The zero-order chi connectivity index (χ0) is 13.8. The van der Waals surface area contributed by atoms with Crippen molar-refractivity contribution in [2.45, 2.75) is 44.2 Å². The predicted octanol–water partition coefficient (Wildman–Crippen LogP) is 3.40. The quantitative estimate of drug-likeness (QED) is 0.524. The lowest BCUT2D eigenvalue weighted by Gasteiger charge is -2.23. The molecule has 0 aliphatic heterocycles. The molecule has 1 aromatic rings. The van der Waals surface area contributed by atoms with E-state index in [1.807, 2.05) is 0 Å². The fourth-order valence-corrected chi connectivity index (χ4v) is 2.77. The predicted molar refractivity (Wildman–Crippen MR) is 76.3 cm³/mol. The Hall–Kier alpha value is -1.14. The van der Waals surface area contributed by atoms with Crippen molar-refractivity contribution in [3.05, 3.63) is 32.8 Å². The van der Waals surface area contributed by atoms with Crippen LogP contribution in [0.2, 0.25) is 0 Å². The summed E-state index contributed by atoms with van der Waals surface area (Å²) in [5.74, 6) is 0.618. The molecular formula is C13H17BrN2O3. The Labute approximate surface area is 120 Å². The number of nitrogens with two attached hydrogens (primary N) is 1. The lowest BCUT2D eigenvalue weighted by Crippen LogP contribution is -2.37. The van der Waals surface area contributed by atoms with Crippen LogP contribution in [0.15, 0.2) is 22.7 Å². The van der Waals surface area contributed by atoms with Crippen molar-refractivity contribution in [3.8, 4) is 5.75 Å². The van der Waals surface area contributed by atoms with E-state index in [1.165, 1.54) is 18.6 Å². The first kappa shape index (κ1) is 14.3. The number of non-ortho nitro benzene ring substituents is 1. The molecule has 1 aliphatic carbocycles. The highest BCUT2D eigenvalue weighted by Gasteiger charge is 2.23. The molecule has 5 nitrogen and oxygen atoms in total. The van der Waals surface area contributed by atoms with E-state index in [0.717, 1.165) is 25.7 Å². The minimum Gasteiger partial charge on any atom is -0.488 e. The molecule has 0 heterocycles. The number of rotatable bonds is 3. The molecule has 1 fully saturated rings. The number of nitrogens with zero attached hydrogens (tertiary/aromatic N) is 1. The van der Waals surface area contributed by atoms with Crippen LogP contribution in [0.4, 0.5) is 5.69 Å². The fourth-order valence-electron chi connectivity index (χ4n) is 2.31. The number of nitro groups is 1.